The fourth-order valence-corrected chi connectivity index (χ4v) is 4.22. The zero-order chi connectivity index (χ0) is 17.0. The molecule has 1 amide bonds. The minimum Gasteiger partial charge on any atom is -0.335 e. The van der Waals surface area contributed by atoms with Gasteiger partial charge in [-0.1, -0.05) is 18.2 Å². The van der Waals surface area contributed by atoms with Gasteiger partial charge in [0.25, 0.3) is 0 Å². The summed E-state index contributed by atoms with van der Waals surface area (Å²) in [6.45, 7) is 0.724. The standard InChI is InChI=1S/C17H20N2O3S2/c20-17(19(15-6-7-15)12-14-9-11-23-13-14)8-10-18-24(21,22)16-4-2-1-3-5-16/h1-5,9,11,13,15,18H,6-8,10,12H2. The highest BCUT2D eigenvalue weighted by molar-refractivity contribution is 7.89. The van der Waals surface area contributed by atoms with Crippen molar-refractivity contribution in [2.75, 3.05) is 6.54 Å². The van der Waals surface area contributed by atoms with Gasteiger partial charge in [-0.3, -0.25) is 4.79 Å². The van der Waals surface area contributed by atoms with E-state index in [2.05, 4.69) is 4.72 Å². The molecule has 2 aromatic rings. The van der Waals surface area contributed by atoms with Crippen molar-refractivity contribution in [2.45, 2.75) is 36.7 Å². The molecule has 128 valence electrons. The summed E-state index contributed by atoms with van der Waals surface area (Å²) in [4.78, 5) is 14.6. The minimum atomic E-state index is -3.56. The lowest BCUT2D eigenvalue weighted by atomic mass is 10.2. The van der Waals surface area contributed by atoms with Crippen molar-refractivity contribution in [1.82, 2.24) is 9.62 Å². The number of carbonyl (C=O) groups excluding carboxylic acids is 1. The molecule has 0 saturated heterocycles. The molecule has 0 atom stereocenters. The smallest absolute Gasteiger partial charge is 0.240 e. The number of hydrogen-bond donors (Lipinski definition) is 1. The molecule has 5 nitrogen and oxygen atoms in total. The summed E-state index contributed by atoms with van der Waals surface area (Å²) in [7, 11) is -3.56. The second-order valence-corrected chi connectivity index (χ2v) is 8.39. The molecule has 24 heavy (non-hydrogen) atoms. The summed E-state index contributed by atoms with van der Waals surface area (Å²) in [5, 5.41) is 4.04. The van der Waals surface area contributed by atoms with Gasteiger partial charge in [0, 0.05) is 25.6 Å². The molecule has 1 aromatic heterocycles. The lowest BCUT2D eigenvalue weighted by molar-refractivity contribution is -0.132. The van der Waals surface area contributed by atoms with Gasteiger partial charge in [-0.2, -0.15) is 11.3 Å². The Balaban J connectivity index is 1.54. The SMILES string of the molecule is O=C(CCNS(=O)(=O)c1ccccc1)N(Cc1ccsc1)C1CC1. The highest BCUT2D eigenvalue weighted by Gasteiger charge is 2.32. The van der Waals surface area contributed by atoms with Gasteiger partial charge in [0.2, 0.25) is 15.9 Å². The van der Waals surface area contributed by atoms with Crippen LogP contribution in [0.25, 0.3) is 0 Å². The van der Waals surface area contributed by atoms with E-state index >= 15 is 0 Å². The maximum Gasteiger partial charge on any atom is 0.240 e. The van der Waals surface area contributed by atoms with E-state index < -0.39 is 10.0 Å². The van der Waals surface area contributed by atoms with E-state index in [-0.39, 0.29) is 23.8 Å². The molecule has 1 aliphatic carbocycles. The maximum absolute atomic E-state index is 12.5. The quantitative estimate of drug-likeness (QED) is 0.783. The Morgan fingerprint density at radius 2 is 1.96 bits per heavy atom. The van der Waals surface area contributed by atoms with Crippen molar-refractivity contribution in [3.05, 3.63) is 52.7 Å². The number of amides is 1. The Kier molecular flexibility index (Phi) is 5.33. The van der Waals surface area contributed by atoms with Crippen molar-refractivity contribution in [1.29, 1.82) is 0 Å². The number of benzene rings is 1. The second-order valence-electron chi connectivity index (χ2n) is 5.85. The number of rotatable bonds is 8. The number of hydrogen-bond acceptors (Lipinski definition) is 4. The van der Waals surface area contributed by atoms with Crippen molar-refractivity contribution in [3.63, 3.8) is 0 Å². The van der Waals surface area contributed by atoms with Crippen molar-refractivity contribution < 1.29 is 13.2 Å². The molecule has 1 N–H and O–H groups in total. The Bertz CT molecular complexity index is 769. The van der Waals surface area contributed by atoms with Gasteiger partial charge in [0.05, 0.1) is 4.90 Å². The molecule has 0 radical (unpaired) electrons. The average molecular weight is 364 g/mol. The minimum absolute atomic E-state index is 0.000498. The first-order chi connectivity index (χ1) is 11.6. The van der Waals surface area contributed by atoms with Gasteiger partial charge in [-0.25, -0.2) is 13.1 Å². The third kappa shape index (κ3) is 4.43. The van der Waals surface area contributed by atoms with E-state index in [4.69, 9.17) is 0 Å². The number of nitrogens with zero attached hydrogens (tertiary/aromatic N) is 1. The molecule has 3 rings (SSSR count). The van der Waals surface area contributed by atoms with Crippen molar-refractivity contribution in [2.24, 2.45) is 0 Å². The highest BCUT2D eigenvalue weighted by atomic mass is 32.2. The molecule has 1 saturated carbocycles. The Morgan fingerprint density at radius 1 is 1.21 bits per heavy atom. The van der Waals surface area contributed by atoms with E-state index in [1.165, 1.54) is 12.1 Å². The van der Waals surface area contributed by atoms with E-state index in [9.17, 15) is 13.2 Å². The predicted molar refractivity (Wildman–Crippen MR) is 94.1 cm³/mol. The zero-order valence-corrected chi connectivity index (χ0v) is 14.9. The average Bonchev–Trinajstić information content (AvgIpc) is 3.29. The van der Waals surface area contributed by atoms with Gasteiger partial charge in [-0.05, 0) is 47.4 Å². The van der Waals surface area contributed by atoms with E-state index in [0.29, 0.717) is 12.6 Å². The van der Waals surface area contributed by atoms with Gasteiger partial charge >= 0.3 is 0 Å². The molecule has 0 bridgehead atoms. The molecule has 7 heteroatoms. The highest BCUT2D eigenvalue weighted by Crippen LogP contribution is 2.29. The number of carbonyl (C=O) groups is 1. The number of nitrogens with one attached hydrogen (secondary N) is 1. The summed E-state index contributed by atoms with van der Waals surface area (Å²) in [5.41, 5.74) is 1.13. The third-order valence-electron chi connectivity index (χ3n) is 3.93. The van der Waals surface area contributed by atoms with Crippen LogP contribution in [0.2, 0.25) is 0 Å². The molecular formula is C17H20N2O3S2. The van der Waals surface area contributed by atoms with Gasteiger partial charge in [0.15, 0.2) is 0 Å². The maximum atomic E-state index is 12.5. The van der Waals surface area contributed by atoms with Crippen LogP contribution in [0.4, 0.5) is 0 Å². The largest absolute Gasteiger partial charge is 0.335 e. The molecule has 1 aliphatic rings. The summed E-state index contributed by atoms with van der Waals surface area (Å²) < 4.78 is 26.8. The van der Waals surface area contributed by atoms with Crippen LogP contribution in [-0.4, -0.2) is 31.8 Å². The van der Waals surface area contributed by atoms with E-state index in [1.54, 1.807) is 29.5 Å². The number of sulfonamides is 1. The van der Waals surface area contributed by atoms with E-state index in [1.807, 2.05) is 21.7 Å². The predicted octanol–water partition coefficient (Wildman–Crippen LogP) is 2.61. The third-order valence-corrected chi connectivity index (χ3v) is 6.13. The van der Waals surface area contributed by atoms with Crippen LogP contribution in [0.1, 0.15) is 24.8 Å². The van der Waals surface area contributed by atoms with Crippen LogP contribution >= 0.6 is 11.3 Å². The van der Waals surface area contributed by atoms with E-state index in [0.717, 1.165) is 18.4 Å². The monoisotopic (exact) mass is 364 g/mol. The summed E-state index contributed by atoms with van der Waals surface area (Å²) in [5.74, 6) is -0.000498. The Hall–Kier alpha value is -1.70. The molecule has 1 aromatic carbocycles. The van der Waals surface area contributed by atoms with Crippen molar-refractivity contribution >= 4 is 27.3 Å². The lowest BCUT2D eigenvalue weighted by Gasteiger charge is -2.22. The molecule has 0 spiro atoms. The Morgan fingerprint density at radius 3 is 2.58 bits per heavy atom. The van der Waals surface area contributed by atoms with Crippen LogP contribution < -0.4 is 4.72 Å². The zero-order valence-electron chi connectivity index (χ0n) is 13.2. The van der Waals surface area contributed by atoms with Crippen molar-refractivity contribution in [3.8, 4) is 0 Å². The first-order valence-electron chi connectivity index (χ1n) is 7.91. The molecule has 1 fully saturated rings. The molecule has 0 aliphatic heterocycles. The van der Waals surface area contributed by atoms with Crippen LogP contribution in [0, 0.1) is 0 Å². The van der Waals surface area contributed by atoms with Gasteiger partial charge < -0.3 is 4.90 Å². The lowest BCUT2D eigenvalue weighted by Crippen LogP contribution is -2.35. The summed E-state index contributed by atoms with van der Waals surface area (Å²) in [6, 6.07) is 10.5. The first kappa shape index (κ1) is 17.1. The van der Waals surface area contributed by atoms with Crippen LogP contribution in [0.3, 0.4) is 0 Å². The first-order valence-corrected chi connectivity index (χ1v) is 10.3. The topological polar surface area (TPSA) is 66.5 Å². The van der Waals surface area contributed by atoms with Gasteiger partial charge in [0.1, 0.15) is 0 Å². The van der Waals surface area contributed by atoms with Crippen LogP contribution in [0.15, 0.2) is 52.1 Å². The van der Waals surface area contributed by atoms with Gasteiger partial charge in [-0.15, -0.1) is 0 Å². The fraction of sp³-hybridized carbons (Fsp3) is 0.353. The normalized spacial score (nSPS) is 14.5. The fourth-order valence-electron chi connectivity index (χ4n) is 2.51. The van der Waals surface area contributed by atoms with Crippen LogP contribution in [-0.2, 0) is 21.4 Å². The summed E-state index contributed by atoms with van der Waals surface area (Å²) >= 11 is 1.61. The molecule has 1 heterocycles. The Labute approximate surface area is 146 Å². The molecular weight excluding hydrogens is 344 g/mol. The summed E-state index contributed by atoms with van der Waals surface area (Å²) in [6.07, 6.45) is 2.24. The van der Waals surface area contributed by atoms with Crippen LogP contribution in [0.5, 0.6) is 0 Å². The second kappa shape index (κ2) is 7.46. The number of thiophene rings is 1. The molecule has 0 unspecified atom stereocenters.